The van der Waals surface area contributed by atoms with Gasteiger partial charge in [0, 0.05) is 17.6 Å². The van der Waals surface area contributed by atoms with Crippen LogP contribution < -0.4 is 16.4 Å². The molecule has 9 heteroatoms. The molecule has 6 nitrogen and oxygen atoms in total. The van der Waals surface area contributed by atoms with E-state index >= 15 is 0 Å². The van der Waals surface area contributed by atoms with Gasteiger partial charge in [0.2, 0.25) is 0 Å². The third-order valence-electron chi connectivity index (χ3n) is 5.13. The maximum Gasteiger partial charge on any atom is 0.275 e. The van der Waals surface area contributed by atoms with Crippen LogP contribution in [-0.4, -0.2) is 28.1 Å². The number of piperidine rings is 1. The number of benzene rings is 1. The molecule has 1 aromatic carbocycles. The average molecular weight is 429 g/mol. The molecule has 2 aromatic heterocycles. The first-order valence-corrected chi connectivity index (χ1v) is 10.5. The van der Waals surface area contributed by atoms with Crippen molar-refractivity contribution in [3.8, 4) is 10.6 Å². The number of hydrogen-bond acceptors (Lipinski definition) is 6. The Bertz CT molecular complexity index is 1040. The molecule has 30 heavy (non-hydrogen) atoms. The van der Waals surface area contributed by atoms with Crippen molar-refractivity contribution in [1.29, 1.82) is 0 Å². The number of thiazole rings is 1. The van der Waals surface area contributed by atoms with Gasteiger partial charge in [-0.05, 0) is 49.4 Å². The van der Waals surface area contributed by atoms with Gasteiger partial charge >= 0.3 is 0 Å². The third-order valence-corrected chi connectivity index (χ3v) is 5.99. The highest BCUT2D eigenvalue weighted by Gasteiger charge is 2.27. The molecule has 0 spiro atoms. The van der Waals surface area contributed by atoms with Crippen LogP contribution in [-0.2, 0) is 0 Å². The molecule has 1 fully saturated rings. The molecule has 3 heterocycles. The second kappa shape index (κ2) is 8.55. The number of nitrogens with two attached hydrogens (primary N) is 1. The smallest absolute Gasteiger partial charge is 0.275 e. The van der Waals surface area contributed by atoms with E-state index in [4.69, 9.17) is 5.73 Å². The monoisotopic (exact) mass is 429 g/mol. The van der Waals surface area contributed by atoms with Crippen LogP contribution in [0.15, 0.2) is 42.0 Å². The highest BCUT2D eigenvalue weighted by Crippen LogP contribution is 2.34. The lowest BCUT2D eigenvalue weighted by molar-refractivity contribution is 0.102. The van der Waals surface area contributed by atoms with Gasteiger partial charge in [0.1, 0.15) is 22.3 Å². The molecule has 3 aromatic rings. The Morgan fingerprint density at radius 2 is 2.03 bits per heavy atom. The third kappa shape index (κ3) is 4.23. The summed E-state index contributed by atoms with van der Waals surface area (Å²) in [6.45, 7) is 2.07. The van der Waals surface area contributed by atoms with Gasteiger partial charge in [0.15, 0.2) is 0 Å². The van der Waals surface area contributed by atoms with Gasteiger partial charge in [0.25, 0.3) is 5.91 Å². The first kappa shape index (κ1) is 20.5. The van der Waals surface area contributed by atoms with E-state index in [0.717, 1.165) is 41.9 Å². The lowest BCUT2D eigenvalue weighted by Crippen LogP contribution is -2.48. The number of nitrogens with zero attached hydrogens (tertiary/aromatic N) is 2. The molecule has 1 aliphatic heterocycles. The van der Waals surface area contributed by atoms with Gasteiger partial charge in [-0.15, -0.1) is 11.3 Å². The van der Waals surface area contributed by atoms with E-state index in [9.17, 15) is 13.6 Å². The highest BCUT2D eigenvalue weighted by atomic mass is 32.1. The number of hydrogen-bond donors (Lipinski definition) is 3. The zero-order valence-electron chi connectivity index (χ0n) is 16.2. The quantitative estimate of drug-likeness (QED) is 0.585. The molecule has 0 radical (unpaired) electrons. The van der Waals surface area contributed by atoms with Crippen molar-refractivity contribution in [3.63, 3.8) is 0 Å². The standard InChI is InChI=1S/C21H21F2N5OS/c1-11-7-12(8-18(24)26-11)13-5-6-25-9-16(13)27-20(29)17-10-30-21(28-17)19-14(22)3-2-4-15(19)23/h2-6,9-12,18,26H,7-8,24H2,1H3,(H,27,29). The van der Waals surface area contributed by atoms with Crippen LogP contribution in [0.2, 0.25) is 0 Å². The Labute approximate surface area is 176 Å². The van der Waals surface area contributed by atoms with E-state index in [1.165, 1.54) is 11.4 Å². The zero-order valence-corrected chi connectivity index (χ0v) is 17.0. The number of amides is 1. The summed E-state index contributed by atoms with van der Waals surface area (Å²) in [7, 11) is 0. The van der Waals surface area contributed by atoms with Crippen molar-refractivity contribution in [2.75, 3.05) is 5.32 Å². The van der Waals surface area contributed by atoms with E-state index in [1.54, 1.807) is 12.4 Å². The Morgan fingerprint density at radius 1 is 1.27 bits per heavy atom. The van der Waals surface area contributed by atoms with Crippen molar-refractivity contribution in [2.24, 2.45) is 5.73 Å². The van der Waals surface area contributed by atoms with Gasteiger partial charge in [-0.3, -0.25) is 15.1 Å². The van der Waals surface area contributed by atoms with Crippen molar-refractivity contribution >= 4 is 22.9 Å². The largest absolute Gasteiger partial charge is 0.319 e. The fourth-order valence-corrected chi connectivity index (χ4v) is 4.68. The molecule has 4 N–H and O–H groups in total. The fourth-order valence-electron chi connectivity index (χ4n) is 3.83. The van der Waals surface area contributed by atoms with Crippen molar-refractivity contribution in [2.45, 2.75) is 37.9 Å². The molecule has 4 rings (SSSR count). The van der Waals surface area contributed by atoms with Crippen molar-refractivity contribution < 1.29 is 13.6 Å². The number of pyridine rings is 1. The number of halogens is 2. The fraction of sp³-hybridized carbons (Fsp3) is 0.286. The molecule has 0 saturated carbocycles. The summed E-state index contributed by atoms with van der Waals surface area (Å²) in [5.74, 6) is -1.73. The van der Waals surface area contributed by atoms with Gasteiger partial charge < -0.3 is 11.1 Å². The van der Waals surface area contributed by atoms with E-state index in [0.29, 0.717) is 5.69 Å². The Hall–Kier alpha value is -2.75. The number of anilines is 1. The van der Waals surface area contributed by atoms with Gasteiger partial charge in [-0.1, -0.05) is 6.07 Å². The lowest BCUT2D eigenvalue weighted by atomic mass is 9.85. The maximum absolute atomic E-state index is 14.0. The molecular formula is C21H21F2N5OS. The molecule has 3 atom stereocenters. The van der Waals surface area contributed by atoms with Crippen LogP contribution in [0.4, 0.5) is 14.5 Å². The van der Waals surface area contributed by atoms with Gasteiger partial charge in [-0.25, -0.2) is 13.8 Å². The van der Waals surface area contributed by atoms with E-state index in [-0.39, 0.29) is 34.4 Å². The lowest BCUT2D eigenvalue weighted by Gasteiger charge is -2.33. The Morgan fingerprint density at radius 3 is 2.77 bits per heavy atom. The van der Waals surface area contributed by atoms with Crippen molar-refractivity contribution in [3.05, 3.63) is 64.9 Å². The van der Waals surface area contributed by atoms with Gasteiger partial charge in [0.05, 0.1) is 23.6 Å². The average Bonchev–Trinajstić information content (AvgIpc) is 3.17. The number of nitrogens with one attached hydrogen (secondary N) is 2. The topological polar surface area (TPSA) is 92.9 Å². The molecule has 1 aliphatic rings. The van der Waals surface area contributed by atoms with Crippen LogP contribution in [0.5, 0.6) is 0 Å². The zero-order chi connectivity index (χ0) is 21.3. The summed E-state index contributed by atoms with van der Waals surface area (Å²) in [6, 6.07) is 5.74. The number of carbonyl (C=O) groups excluding carboxylic acids is 1. The number of carbonyl (C=O) groups is 1. The summed E-state index contributed by atoms with van der Waals surface area (Å²) in [4.78, 5) is 21.0. The minimum absolute atomic E-state index is 0.0860. The molecule has 0 bridgehead atoms. The first-order chi connectivity index (χ1) is 14.4. The predicted molar refractivity (Wildman–Crippen MR) is 112 cm³/mol. The van der Waals surface area contributed by atoms with E-state index < -0.39 is 17.5 Å². The summed E-state index contributed by atoms with van der Waals surface area (Å²) >= 11 is 1.01. The van der Waals surface area contributed by atoms with Crippen molar-refractivity contribution in [1.82, 2.24) is 15.3 Å². The second-order valence-corrected chi connectivity index (χ2v) is 8.25. The van der Waals surface area contributed by atoms with E-state index in [1.807, 2.05) is 6.07 Å². The number of aromatic nitrogens is 2. The molecule has 1 amide bonds. The molecular weight excluding hydrogens is 408 g/mol. The molecule has 0 aliphatic carbocycles. The van der Waals surface area contributed by atoms with E-state index in [2.05, 4.69) is 27.5 Å². The summed E-state index contributed by atoms with van der Waals surface area (Å²) in [5.41, 5.74) is 7.48. The number of rotatable bonds is 4. The summed E-state index contributed by atoms with van der Waals surface area (Å²) < 4.78 is 28.0. The highest BCUT2D eigenvalue weighted by molar-refractivity contribution is 7.13. The summed E-state index contributed by atoms with van der Waals surface area (Å²) in [6.07, 6.45) is 4.78. The molecule has 1 saturated heterocycles. The molecule has 156 valence electrons. The maximum atomic E-state index is 14.0. The van der Waals surface area contributed by atoms with Gasteiger partial charge in [-0.2, -0.15) is 0 Å². The summed E-state index contributed by atoms with van der Waals surface area (Å²) in [5, 5.41) is 7.73. The SMILES string of the molecule is CC1CC(c2ccncc2NC(=O)c2csc(-c3c(F)cccc3F)n2)CC(N)N1. The first-order valence-electron chi connectivity index (χ1n) is 9.59. The van der Waals surface area contributed by atoms with Crippen LogP contribution >= 0.6 is 11.3 Å². The normalized spacial score (nSPS) is 21.4. The molecule has 3 unspecified atom stereocenters. The Kier molecular flexibility index (Phi) is 5.85. The predicted octanol–water partition coefficient (Wildman–Crippen LogP) is 3.88. The van der Waals surface area contributed by atoms with Crippen LogP contribution in [0.3, 0.4) is 0 Å². The Balaban J connectivity index is 1.57. The van der Waals surface area contributed by atoms with Crippen LogP contribution in [0.1, 0.15) is 41.7 Å². The minimum atomic E-state index is -0.720. The second-order valence-electron chi connectivity index (χ2n) is 7.39. The minimum Gasteiger partial charge on any atom is -0.319 e. The van der Waals surface area contributed by atoms with Crippen LogP contribution in [0.25, 0.3) is 10.6 Å². The van der Waals surface area contributed by atoms with Crippen LogP contribution in [0, 0.1) is 11.6 Å².